The Kier molecular flexibility index (Phi) is 6.58. The second-order valence-corrected chi connectivity index (χ2v) is 7.87. The van der Waals surface area contributed by atoms with Crippen molar-refractivity contribution in [2.45, 2.75) is 19.3 Å². The summed E-state index contributed by atoms with van der Waals surface area (Å²) in [5, 5.41) is 0. The number of hydrogen-bond donors (Lipinski definition) is 1. The minimum absolute atomic E-state index is 0.0642. The third-order valence-electron chi connectivity index (χ3n) is 3.83. The SMILES string of the molecule is CN(CCCCc1ccccc1)C(=O)c1ccc(NS(C)(=O)=O)cc1. The normalized spacial score (nSPS) is 11.1. The summed E-state index contributed by atoms with van der Waals surface area (Å²) >= 11 is 0. The van der Waals surface area contributed by atoms with Crippen molar-refractivity contribution in [1.82, 2.24) is 4.90 Å². The van der Waals surface area contributed by atoms with Crippen LogP contribution in [0.25, 0.3) is 0 Å². The summed E-state index contributed by atoms with van der Waals surface area (Å²) in [6.45, 7) is 0.689. The smallest absolute Gasteiger partial charge is 0.253 e. The summed E-state index contributed by atoms with van der Waals surface area (Å²) in [6.07, 6.45) is 4.06. The monoisotopic (exact) mass is 360 g/mol. The van der Waals surface area contributed by atoms with Crippen molar-refractivity contribution in [1.29, 1.82) is 0 Å². The standard InChI is InChI=1S/C19H24N2O3S/c1-21(15-7-6-10-16-8-4-3-5-9-16)19(22)17-11-13-18(14-12-17)20-25(2,23)24/h3-5,8-9,11-14,20H,6-7,10,15H2,1-2H3. The van der Waals surface area contributed by atoms with Crippen LogP contribution in [-0.2, 0) is 16.4 Å². The van der Waals surface area contributed by atoms with E-state index in [-0.39, 0.29) is 5.91 Å². The molecule has 0 fully saturated rings. The number of hydrogen-bond acceptors (Lipinski definition) is 3. The molecule has 2 aromatic carbocycles. The van der Waals surface area contributed by atoms with Gasteiger partial charge in [-0.25, -0.2) is 8.42 Å². The molecule has 0 unspecified atom stereocenters. The van der Waals surface area contributed by atoms with Gasteiger partial charge < -0.3 is 4.90 Å². The fraction of sp³-hybridized carbons (Fsp3) is 0.316. The summed E-state index contributed by atoms with van der Waals surface area (Å²) in [4.78, 5) is 14.1. The molecule has 0 radical (unpaired) electrons. The predicted octanol–water partition coefficient (Wildman–Crippen LogP) is 3.15. The van der Waals surface area contributed by atoms with Gasteiger partial charge in [-0.2, -0.15) is 0 Å². The van der Waals surface area contributed by atoms with E-state index in [0.717, 1.165) is 25.5 Å². The van der Waals surface area contributed by atoms with Gasteiger partial charge in [0.2, 0.25) is 10.0 Å². The summed E-state index contributed by atoms with van der Waals surface area (Å²) < 4.78 is 24.8. The van der Waals surface area contributed by atoms with Crippen molar-refractivity contribution in [2.24, 2.45) is 0 Å². The van der Waals surface area contributed by atoms with Gasteiger partial charge in [-0.3, -0.25) is 9.52 Å². The Labute approximate surface area is 149 Å². The van der Waals surface area contributed by atoms with Crippen LogP contribution in [0.1, 0.15) is 28.8 Å². The van der Waals surface area contributed by atoms with E-state index in [1.54, 1.807) is 36.2 Å². The van der Waals surface area contributed by atoms with Crippen LogP contribution in [0, 0.1) is 0 Å². The van der Waals surface area contributed by atoms with Gasteiger partial charge >= 0.3 is 0 Å². The highest BCUT2D eigenvalue weighted by Crippen LogP contribution is 2.13. The number of aryl methyl sites for hydroxylation is 1. The molecule has 0 aromatic heterocycles. The fourth-order valence-corrected chi connectivity index (χ4v) is 3.10. The Bertz CT molecular complexity index is 787. The molecular formula is C19H24N2O3S. The van der Waals surface area contributed by atoms with Crippen molar-refractivity contribution in [2.75, 3.05) is 24.6 Å². The number of amides is 1. The molecule has 1 N–H and O–H groups in total. The van der Waals surface area contributed by atoms with E-state index in [0.29, 0.717) is 17.8 Å². The van der Waals surface area contributed by atoms with E-state index in [1.165, 1.54) is 5.56 Å². The molecule has 6 heteroatoms. The number of nitrogens with zero attached hydrogens (tertiary/aromatic N) is 1. The van der Waals surface area contributed by atoms with Crippen LogP contribution in [0.15, 0.2) is 54.6 Å². The van der Waals surface area contributed by atoms with Gasteiger partial charge in [-0.1, -0.05) is 30.3 Å². The molecule has 0 aliphatic heterocycles. The Balaban J connectivity index is 1.81. The van der Waals surface area contributed by atoms with E-state index in [2.05, 4.69) is 16.9 Å². The molecule has 2 aromatic rings. The largest absolute Gasteiger partial charge is 0.342 e. The molecule has 0 saturated carbocycles. The fourth-order valence-electron chi connectivity index (χ4n) is 2.54. The van der Waals surface area contributed by atoms with Crippen LogP contribution in [-0.4, -0.2) is 39.1 Å². The molecule has 0 atom stereocenters. The molecule has 0 spiro atoms. The molecule has 25 heavy (non-hydrogen) atoms. The number of unbranched alkanes of at least 4 members (excludes halogenated alkanes) is 1. The second-order valence-electron chi connectivity index (χ2n) is 6.12. The maximum atomic E-state index is 12.4. The highest BCUT2D eigenvalue weighted by molar-refractivity contribution is 7.92. The number of nitrogens with one attached hydrogen (secondary N) is 1. The van der Waals surface area contributed by atoms with E-state index in [4.69, 9.17) is 0 Å². The van der Waals surface area contributed by atoms with Gasteiger partial charge in [0.05, 0.1) is 6.26 Å². The molecule has 2 rings (SSSR count). The highest BCUT2D eigenvalue weighted by atomic mass is 32.2. The van der Waals surface area contributed by atoms with Crippen molar-refractivity contribution in [3.63, 3.8) is 0 Å². The lowest BCUT2D eigenvalue weighted by atomic mass is 10.1. The first kappa shape index (κ1) is 19.0. The summed E-state index contributed by atoms with van der Waals surface area (Å²) in [6, 6.07) is 16.8. The lowest BCUT2D eigenvalue weighted by Gasteiger charge is -2.17. The minimum atomic E-state index is -3.31. The third-order valence-corrected chi connectivity index (χ3v) is 4.44. The third kappa shape index (κ3) is 6.58. The Morgan fingerprint density at radius 1 is 1.00 bits per heavy atom. The van der Waals surface area contributed by atoms with Crippen molar-refractivity contribution in [3.05, 3.63) is 65.7 Å². The van der Waals surface area contributed by atoms with Gasteiger partial charge in [0, 0.05) is 24.8 Å². The summed E-state index contributed by atoms with van der Waals surface area (Å²) in [5.74, 6) is -0.0642. The first-order valence-corrected chi connectivity index (χ1v) is 10.1. The maximum absolute atomic E-state index is 12.4. The number of sulfonamides is 1. The predicted molar refractivity (Wildman–Crippen MR) is 101 cm³/mol. The van der Waals surface area contributed by atoms with Crippen LogP contribution >= 0.6 is 0 Å². The number of carbonyl (C=O) groups excluding carboxylic acids is 1. The first-order chi connectivity index (χ1) is 11.8. The Hall–Kier alpha value is -2.34. The highest BCUT2D eigenvalue weighted by Gasteiger charge is 2.11. The second kappa shape index (κ2) is 8.67. The number of rotatable bonds is 8. The zero-order valence-electron chi connectivity index (χ0n) is 14.6. The molecule has 0 saturated heterocycles. The minimum Gasteiger partial charge on any atom is -0.342 e. The average Bonchev–Trinajstić information content (AvgIpc) is 2.58. The first-order valence-electron chi connectivity index (χ1n) is 8.22. The van der Waals surface area contributed by atoms with Gasteiger partial charge in [0.15, 0.2) is 0 Å². The van der Waals surface area contributed by atoms with Crippen LogP contribution in [0.3, 0.4) is 0 Å². The molecule has 1 amide bonds. The van der Waals surface area contributed by atoms with Crippen molar-refractivity contribution in [3.8, 4) is 0 Å². The lowest BCUT2D eigenvalue weighted by molar-refractivity contribution is 0.0793. The number of carbonyl (C=O) groups is 1. The number of benzene rings is 2. The molecule has 0 aliphatic rings. The van der Waals surface area contributed by atoms with Gasteiger partial charge in [-0.05, 0) is 49.1 Å². The zero-order valence-corrected chi connectivity index (χ0v) is 15.4. The molecule has 5 nitrogen and oxygen atoms in total. The summed E-state index contributed by atoms with van der Waals surface area (Å²) in [7, 11) is -1.52. The zero-order chi connectivity index (χ0) is 18.3. The lowest BCUT2D eigenvalue weighted by Crippen LogP contribution is -2.27. The maximum Gasteiger partial charge on any atom is 0.253 e. The Morgan fingerprint density at radius 2 is 1.64 bits per heavy atom. The van der Waals surface area contributed by atoms with Gasteiger partial charge in [-0.15, -0.1) is 0 Å². The van der Waals surface area contributed by atoms with E-state index < -0.39 is 10.0 Å². The topological polar surface area (TPSA) is 66.5 Å². The van der Waals surface area contributed by atoms with Crippen molar-refractivity contribution < 1.29 is 13.2 Å². The average molecular weight is 360 g/mol. The van der Waals surface area contributed by atoms with Gasteiger partial charge in [0.1, 0.15) is 0 Å². The van der Waals surface area contributed by atoms with Crippen LogP contribution in [0.2, 0.25) is 0 Å². The van der Waals surface area contributed by atoms with E-state index in [9.17, 15) is 13.2 Å². The van der Waals surface area contributed by atoms with Crippen LogP contribution < -0.4 is 4.72 Å². The van der Waals surface area contributed by atoms with E-state index >= 15 is 0 Å². The van der Waals surface area contributed by atoms with Gasteiger partial charge in [0.25, 0.3) is 5.91 Å². The number of anilines is 1. The van der Waals surface area contributed by atoms with Crippen LogP contribution in [0.5, 0.6) is 0 Å². The molecule has 0 heterocycles. The van der Waals surface area contributed by atoms with Crippen LogP contribution in [0.4, 0.5) is 5.69 Å². The molecular weight excluding hydrogens is 336 g/mol. The Morgan fingerprint density at radius 3 is 2.24 bits per heavy atom. The molecule has 134 valence electrons. The quantitative estimate of drug-likeness (QED) is 0.736. The van der Waals surface area contributed by atoms with Crippen molar-refractivity contribution >= 4 is 21.6 Å². The summed E-state index contributed by atoms with van der Waals surface area (Å²) in [5.41, 5.74) is 2.31. The van der Waals surface area contributed by atoms with E-state index in [1.807, 2.05) is 18.2 Å². The molecule has 0 aliphatic carbocycles. The molecule has 0 bridgehead atoms.